The molecule has 2 fully saturated rings. The lowest BCUT2D eigenvalue weighted by Crippen LogP contribution is -2.39. The Kier molecular flexibility index (Phi) is 7.54. The Bertz CT molecular complexity index is 1380. The molecule has 2 aromatic rings. The second-order valence-electron chi connectivity index (χ2n) is 12.6. The molecule has 7 nitrogen and oxygen atoms in total. The van der Waals surface area contributed by atoms with Gasteiger partial charge in [-0.1, -0.05) is 23.7 Å². The van der Waals surface area contributed by atoms with Gasteiger partial charge >= 0.3 is 12.1 Å². The van der Waals surface area contributed by atoms with Crippen LogP contribution in [0.2, 0.25) is 5.02 Å². The van der Waals surface area contributed by atoms with E-state index in [2.05, 4.69) is 5.10 Å². The van der Waals surface area contributed by atoms with E-state index < -0.39 is 23.1 Å². The van der Waals surface area contributed by atoms with Crippen molar-refractivity contribution in [3.05, 3.63) is 45.6 Å². The number of hydrogen-bond acceptors (Lipinski definition) is 6. The number of halogens is 4. The Hall–Kier alpha value is -2.88. The molecule has 1 saturated heterocycles. The number of aromatic nitrogens is 2. The Labute approximate surface area is 242 Å². The molecular weight excluding hydrogens is 559 g/mol. The molecule has 5 rings (SSSR count). The Balaban J connectivity index is 1.51. The molecule has 222 valence electrons. The van der Waals surface area contributed by atoms with Crippen molar-refractivity contribution < 1.29 is 32.3 Å². The highest BCUT2D eigenvalue weighted by Crippen LogP contribution is 2.60. The summed E-state index contributed by atoms with van der Waals surface area (Å²) in [7, 11) is 0. The number of benzene rings is 1. The molecule has 1 saturated carbocycles. The van der Waals surface area contributed by atoms with Crippen LogP contribution in [0.3, 0.4) is 0 Å². The lowest BCUT2D eigenvalue weighted by molar-refractivity contribution is -0.161. The SMILES string of the molecule is CC(=O)C1CCc2c(N3CCC(C(=O)OC(C)(C)C)CC3)nn(C(=O)c3c(Cl)cccc3C3(C(F)(F)F)CC3)c2C1. The molecule has 1 aliphatic heterocycles. The first-order valence-corrected chi connectivity index (χ1v) is 14.5. The summed E-state index contributed by atoms with van der Waals surface area (Å²) in [5.74, 6) is -0.973. The van der Waals surface area contributed by atoms with Crippen molar-refractivity contribution in [3.8, 4) is 0 Å². The van der Waals surface area contributed by atoms with Gasteiger partial charge in [0, 0.05) is 24.6 Å². The van der Waals surface area contributed by atoms with Gasteiger partial charge < -0.3 is 9.64 Å². The number of alkyl halides is 3. The second kappa shape index (κ2) is 10.4. The summed E-state index contributed by atoms with van der Waals surface area (Å²) in [6, 6.07) is 4.18. The van der Waals surface area contributed by atoms with Crippen molar-refractivity contribution in [2.75, 3.05) is 18.0 Å². The zero-order chi connectivity index (χ0) is 29.9. The Morgan fingerprint density at radius 1 is 1.05 bits per heavy atom. The highest BCUT2D eigenvalue weighted by atomic mass is 35.5. The summed E-state index contributed by atoms with van der Waals surface area (Å²) < 4.78 is 49.2. The van der Waals surface area contributed by atoms with E-state index in [9.17, 15) is 27.6 Å². The fourth-order valence-electron chi connectivity index (χ4n) is 6.15. The summed E-state index contributed by atoms with van der Waals surface area (Å²) in [5.41, 5.74) is -1.67. The third-order valence-corrected chi connectivity index (χ3v) is 8.90. The van der Waals surface area contributed by atoms with Crippen molar-refractivity contribution in [3.63, 3.8) is 0 Å². The van der Waals surface area contributed by atoms with Crippen LogP contribution in [0, 0.1) is 11.8 Å². The van der Waals surface area contributed by atoms with Crippen molar-refractivity contribution in [1.29, 1.82) is 0 Å². The van der Waals surface area contributed by atoms with Crippen LogP contribution in [0.15, 0.2) is 18.2 Å². The quantitative estimate of drug-likeness (QED) is 0.391. The topological polar surface area (TPSA) is 81.5 Å². The molecule has 3 aliphatic rings. The second-order valence-corrected chi connectivity index (χ2v) is 13.0. The van der Waals surface area contributed by atoms with Gasteiger partial charge in [-0.15, -0.1) is 5.10 Å². The Morgan fingerprint density at radius 3 is 2.27 bits per heavy atom. The van der Waals surface area contributed by atoms with Gasteiger partial charge in [-0.05, 0) is 84.3 Å². The molecular formula is C30H35ClF3N3O4. The van der Waals surface area contributed by atoms with Crippen LogP contribution in [0.4, 0.5) is 19.0 Å². The van der Waals surface area contributed by atoms with E-state index in [1.807, 2.05) is 25.7 Å². The van der Waals surface area contributed by atoms with E-state index in [1.165, 1.54) is 29.8 Å². The number of fused-ring (bicyclic) bond motifs is 1. The molecule has 0 radical (unpaired) electrons. The monoisotopic (exact) mass is 593 g/mol. The van der Waals surface area contributed by atoms with Crippen LogP contribution in [-0.2, 0) is 32.6 Å². The van der Waals surface area contributed by atoms with Crippen molar-refractivity contribution in [2.24, 2.45) is 11.8 Å². The number of anilines is 1. The molecule has 0 bridgehead atoms. The smallest absolute Gasteiger partial charge is 0.398 e. The van der Waals surface area contributed by atoms with Gasteiger partial charge in [-0.2, -0.15) is 17.9 Å². The molecule has 2 aliphatic carbocycles. The van der Waals surface area contributed by atoms with Crippen molar-refractivity contribution in [2.45, 2.75) is 89.8 Å². The zero-order valence-electron chi connectivity index (χ0n) is 23.7. The van der Waals surface area contributed by atoms with Crippen LogP contribution >= 0.6 is 11.6 Å². The first-order chi connectivity index (χ1) is 19.1. The minimum Gasteiger partial charge on any atom is -0.460 e. The standard InChI is InChI=1S/C30H35ClF3N3O4/c1-17(38)19-8-9-20-23(16-19)37(35-25(20)36-14-10-18(11-15-36)27(40)41-28(2,3)4)26(39)24-21(6-5-7-22(24)31)29(12-13-29)30(32,33)34/h5-7,18-19H,8-16H2,1-4H3. The number of hydrogen-bond donors (Lipinski definition) is 0. The lowest BCUT2D eigenvalue weighted by Gasteiger charge is -2.33. The fourth-order valence-corrected chi connectivity index (χ4v) is 6.41. The fraction of sp³-hybridized carbons (Fsp3) is 0.600. The molecule has 41 heavy (non-hydrogen) atoms. The summed E-state index contributed by atoms with van der Waals surface area (Å²) in [5, 5.41) is 4.62. The van der Waals surface area contributed by atoms with E-state index in [0.29, 0.717) is 50.3 Å². The lowest BCUT2D eigenvalue weighted by atomic mass is 9.84. The molecule has 0 amide bonds. The van der Waals surface area contributed by atoms with Gasteiger partial charge in [0.15, 0.2) is 5.82 Å². The van der Waals surface area contributed by atoms with Crippen LogP contribution in [0.5, 0.6) is 0 Å². The molecule has 1 unspecified atom stereocenters. The van der Waals surface area contributed by atoms with Gasteiger partial charge in [-0.25, -0.2) is 0 Å². The van der Waals surface area contributed by atoms with Crippen LogP contribution in [0.25, 0.3) is 0 Å². The number of ketones is 1. The number of carbonyl (C=O) groups is 3. The minimum atomic E-state index is -4.53. The summed E-state index contributed by atoms with van der Waals surface area (Å²) in [6.45, 7) is 8.00. The predicted octanol–water partition coefficient (Wildman–Crippen LogP) is 6.07. The minimum absolute atomic E-state index is 0.0111. The van der Waals surface area contributed by atoms with E-state index in [1.54, 1.807) is 0 Å². The van der Waals surface area contributed by atoms with Crippen molar-refractivity contribution in [1.82, 2.24) is 9.78 Å². The van der Waals surface area contributed by atoms with Gasteiger partial charge in [0.2, 0.25) is 0 Å². The summed E-state index contributed by atoms with van der Waals surface area (Å²) in [6.07, 6.45) is -2.29. The molecule has 1 atom stereocenters. The largest absolute Gasteiger partial charge is 0.460 e. The number of ether oxygens (including phenoxy) is 1. The first-order valence-electron chi connectivity index (χ1n) is 14.1. The van der Waals surface area contributed by atoms with Crippen LogP contribution in [0.1, 0.15) is 87.0 Å². The average molecular weight is 594 g/mol. The molecule has 1 aromatic heterocycles. The van der Waals surface area contributed by atoms with E-state index in [-0.39, 0.29) is 59.0 Å². The number of piperidine rings is 1. The van der Waals surface area contributed by atoms with Crippen LogP contribution in [-0.4, -0.2) is 52.3 Å². The van der Waals surface area contributed by atoms with Gasteiger partial charge in [0.05, 0.1) is 27.6 Å². The zero-order valence-corrected chi connectivity index (χ0v) is 24.5. The molecule has 1 aromatic carbocycles. The summed E-state index contributed by atoms with van der Waals surface area (Å²) >= 11 is 6.43. The number of rotatable bonds is 5. The van der Waals surface area contributed by atoms with Crippen LogP contribution < -0.4 is 4.90 Å². The molecule has 0 N–H and O–H groups in total. The van der Waals surface area contributed by atoms with E-state index in [4.69, 9.17) is 16.3 Å². The maximum atomic E-state index is 14.1. The third-order valence-electron chi connectivity index (χ3n) is 8.59. The highest BCUT2D eigenvalue weighted by molar-refractivity contribution is 6.34. The number of nitrogens with zero attached hydrogens (tertiary/aromatic N) is 3. The maximum Gasteiger partial charge on any atom is 0.398 e. The number of carbonyl (C=O) groups excluding carboxylic acids is 3. The number of Topliss-reactive ketones (excluding diaryl/α,β-unsaturated/α-hetero) is 1. The maximum absolute atomic E-state index is 14.1. The van der Waals surface area contributed by atoms with Gasteiger partial charge in [0.1, 0.15) is 11.4 Å². The summed E-state index contributed by atoms with van der Waals surface area (Å²) in [4.78, 5) is 41.1. The number of esters is 1. The molecule has 0 spiro atoms. The van der Waals surface area contributed by atoms with E-state index >= 15 is 0 Å². The molecule has 11 heteroatoms. The normalized spacial score (nSPS) is 20.9. The van der Waals surface area contributed by atoms with Crippen molar-refractivity contribution >= 4 is 35.1 Å². The first kappa shape index (κ1) is 29.6. The van der Waals surface area contributed by atoms with E-state index in [0.717, 1.165) is 5.56 Å². The highest BCUT2D eigenvalue weighted by Gasteiger charge is 2.65. The van der Waals surface area contributed by atoms with Gasteiger partial charge in [0.25, 0.3) is 5.91 Å². The molecule has 2 heterocycles. The predicted molar refractivity (Wildman–Crippen MR) is 147 cm³/mol. The third kappa shape index (κ3) is 5.51. The Morgan fingerprint density at radius 2 is 1.71 bits per heavy atom. The van der Waals surface area contributed by atoms with Gasteiger partial charge in [-0.3, -0.25) is 14.4 Å². The average Bonchev–Trinajstić information content (AvgIpc) is 3.63.